The minimum atomic E-state index is -0.357. The second-order valence-electron chi connectivity index (χ2n) is 3.41. The number of ketones is 2. The highest BCUT2D eigenvalue weighted by Gasteiger charge is 2.22. The van der Waals surface area contributed by atoms with E-state index in [1.54, 1.807) is 0 Å². The van der Waals surface area contributed by atoms with Gasteiger partial charge >= 0.3 is 0 Å². The molecule has 0 N–H and O–H groups in total. The topological polar surface area (TPSA) is 34.1 Å². The maximum atomic E-state index is 11.5. The highest BCUT2D eigenvalue weighted by atomic mass is 16.1. The molecule has 0 amide bonds. The molecule has 0 saturated carbocycles. The molecule has 0 aromatic rings. The summed E-state index contributed by atoms with van der Waals surface area (Å²) >= 11 is 0. The first-order valence-electron chi connectivity index (χ1n) is 5.33. The molecule has 80 valence electrons. The predicted molar refractivity (Wildman–Crippen MR) is 58.1 cm³/mol. The van der Waals surface area contributed by atoms with Gasteiger partial charge in [0.2, 0.25) is 0 Å². The monoisotopic (exact) mass is 196 g/mol. The van der Waals surface area contributed by atoms with Gasteiger partial charge in [0.25, 0.3) is 0 Å². The Kier molecular flexibility index (Phi) is 6.99. The van der Waals surface area contributed by atoms with E-state index in [4.69, 9.17) is 0 Å². The first kappa shape index (κ1) is 13.1. The lowest BCUT2D eigenvalue weighted by Gasteiger charge is -2.11. The fourth-order valence-corrected chi connectivity index (χ4v) is 1.46. The van der Waals surface area contributed by atoms with Crippen LogP contribution in [0.25, 0.3) is 0 Å². The predicted octanol–water partition coefficient (Wildman–Crippen LogP) is 2.92. The lowest BCUT2D eigenvalue weighted by atomic mass is 9.90. The van der Waals surface area contributed by atoms with Crippen LogP contribution in [0.2, 0.25) is 0 Å². The summed E-state index contributed by atoms with van der Waals surface area (Å²) < 4.78 is 0. The van der Waals surface area contributed by atoms with Crippen LogP contribution in [0.1, 0.15) is 46.0 Å². The van der Waals surface area contributed by atoms with Gasteiger partial charge in [-0.05, 0) is 19.3 Å². The van der Waals surface area contributed by atoms with Crippen molar-refractivity contribution < 1.29 is 9.59 Å². The fraction of sp³-hybridized carbons (Fsp3) is 0.667. The Bertz CT molecular complexity index is 190. The number of unbranched alkanes of at least 4 members (excludes halogenated alkanes) is 1. The van der Waals surface area contributed by atoms with E-state index in [0.29, 0.717) is 19.3 Å². The van der Waals surface area contributed by atoms with Crippen molar-refractivity contribution in [1.29, 1.82) is 0 Å². The van der Waals surface area contributed by atoms with Crippen LogP contribution in [0.4, 0.5) is 0 Å². The van der Waals surface area contributed by atoms with Gasteiger partial charge in [0.05, 0.1) is 5.92 Å². The van der Waals surface area contributed by atoms with Crippen LogP contribution >= 0.6 is 0 Å². The van der Waals surface area contributed by atoms with E-state index in [9.17, 15) is 9.59 Å². The summed E-state index contributed by atoms with van der Waals surface area (Å²) in [7, 11) is 0. The van der Waals surface area contributed by atoms with E-state index in [1.165, 1.54) is 0 Å². The molecule has 0 aromatic carbocycles. The Morgan fingerprint density at radius 3 is 2.07 bits per heavy atom. The van der Waals surface area contributed by atoms with Gasteiger partial charge in [0, 0.05) is 12.8 Å². The average Bonchev–Trinajstić information content (AvgIpc) is 2.22. The molecule has 0 spiro atoms. The number of carbonyl (C=O) groups is 2. The quantitative estimate of drug-likeness (QED) is 0.340. The summed E-state index contributed by atoms with van der Waals surface area (Å²) in [5.41, 5.74) is 0. The first-order chi connectivity index (χ1) is 6.67. The molecular weight excluding hydrogens is 176 g/mol. The summed E-state index contributed by atoms with van der Waals surface area (Å²) in [5, 5.41) is 0. The normalized spacial score (nSPS) is 10.2. The third kappa shape index (κ3) is 4.35. The zero-order valence-electron chi connectivity index (χ0n) is 9.21. The van der Waals surface area contributed by atoms with Crippen molar-refractivity contribution in [2.75, 3.05) is 0 Å². The second-order valence-corrected chi connectivity index (χ2v) is 3.41. The van der Waals surface area contributed by atoms with Crippen molar-refractivity contribution in [2.45, 2.75) is 46.0 Å². The van der Waals surface area contributed by atoms with Crippen LogP contribution in [0.5, 0.6) is 0 Å². The summed E-state index contributed by atoms with van der Waals surface area (Å²) in [6.45, 7) is 7.24. The molecule has 2 heteroatoms. The molecular formula is C12H20O2. The van der Waals surface area contributed by atoms with Crippen molar-refractivity contribution in [1.82, 2.24) is 0 Å². The van der Waals surface area contributed by atoms with Crippen molar-refractivity contribution in [3.8, 4) is 0 Å². The highest BCUT2D eigenvalue weighted by Crippen LogP contribution is 2.14. The molecule has 0 aromatic heterocycles. The molecule has 0 heterocycles. The molecule has 0 aliphatic rings. The van der Waals surface area contributed by atoms with Gasteiger partial charge in [-0.3, -0.25) is 9.59 Å². The molecule has 0 saturated heterocycles. The summed E-state index contributed by atoms with van der Waals surface area (Å²) in [4.78, 5) is 22.9. The van der Waals surface area contributed by atoms with Crippen LogP contribution < -0.4 is 0 Å². The van der Waals surface area contributed by atoms with Crippen LogP contribution in [0.15, 0.2) is 12.7 Å². The third-order valence-corrected chi connectivity index (χ3v) is 2.38. The molecule has 0 rings (SSSR count). The Balaban J connectivity index is 4.17. The van der Waals surface area contributed by atoms with Crippen LogP contribution in [-0.4, -0.2) is 11.6 Å². The van der Waals surface area contributed by atoms with E-state index in [0.717, 1.165) is 12.8 Å². The minimum Gasteiger partial charge on any atom is -0.299 e. The van der Waals surface area contributed by atoms with Crippen LogP contribution in [0.3, 0.4) is 0 Å². The first-order valence-corrected chi connectivity index (χ1v) is 5.33. The Morgan fingerprint density at radius 1 is 1.21 bits per heavy atom. The molecule has 14 heavy (non-hydrogen) atoms. The summed E-state index contributed by atoms with van der Waals surface area (Å²) in [6, 6.07) is 0. The second kappa shape index (κ2) is 7.48. The van der Waals surface area contributed by atoms with E-state index in [1.807, 2.05) is 19.9 Å². The Morgan fingerprint density at radius 2 is 1.71 bits per heavy atom. The summed E-state index contributed by atoms with van der Waals surface area (Å²) in [5.74, 6) is -0.188. The zero-order chi connectivity index (χ0) is 11.0. The number of allylic oxidation sites excluding steroid dienone is 1. The number of carbonyl (C=O) groups excluding carboxylic acids is 2. The minimum absolute atomic E-state index is 0.0842. The molecule has 0 atom stereocenters. The van der Waals surface area contributed by atoms with Crippen molar-refractivity contribution >= 4 is 11.6 Å². The van der Waals surface area contributed by atoms with Gasteiger partial charge in [0.1, 0.15) is 11.6 Å². The lowest BCUT2D eigenvalue weighted by molar-refractivity contribution is -0.132. The molecule has 0 bridgehead atoms. The maximum Gasteiger partial charge on any atom is 0.143 e. The van der Waals surface area contributed by atoms with Crippen LogP contribution in [-0.2, 0) is 9.59 Å². The van der Waals surface area contributed by atoms with Gasteiger partial charge in [-0.15, -0.1) is 6.58 Å². The Hall–Kier alpha value is -0.920. The van der Waals surface area contributed by atoms with Crippen LogP contribution in [0, 0.1) is 5.92 Å². The largest absolute Gasteiger partial charge is 0.299 e. The molecule has 0 aliphatic carbocycles. The van der Waals surface area contributed by atoms with Crippen molar-refractivity contribution in [3.63, 3.8) is 0 Å². The highest BCUT2D eigenvalue weighted by molar-refractivity contribution is 6.02. The van der Waals surface area contributed by atoms with E-state index >= 15 is 0 Å². The van der Waals surface area contributed by atoms with E-state index in [2.05, 4.69) is 6.58 Å². The number of Topliss-reactive ketones (excluding diaryl/α,β-unsaturated/α-hetero) is 2. The lowest BCUT2D eigenvalue weighted by Crippen LogP contribution is -2.22. The van der Waals surface area contributed by atoms with Gasteiger partial charge < -0.3 is 0 Å². The third-order valence-electron chi connectivity index (χ3n) is 2.38. The van der Waals surface area contributed by atoms with Crippen molar-refractivity contribution in [2.24, 2.45) is 5.92 Å². The molecule has 0 aliphatic heterocycles. The molecule has 0 fully saturated rings. The van der Waals surface area contributed by atoms with E-state index < -0.39 is 0 Å². The maximum absolute atomic E-state index is 11.5. The molecule has 2 nitrogen and oxygen atoms in total. The summed E-state index contributed by atoms with van der Waals surface area (Å²) in [6.07, 6.45) is 5.19. The fourth-order valence-electron chi connectivity index (χ4n) is 1.46. The number of hydrogen-bond acceptors (Lipinski definition) is 2. The van der Waals surface area contributed by atoms with Gasteiger partial charge in [0.15, 0.2) is 0 Å². The van der Waals surface area contributed by atoms with E-state index in [-0.39, 0.29) is 17.5 Å². The zero-order valence-corrected chi connectivity index (χ0v) is 9.21. The standard InChI is InChI=1S/C12H20O2/c1-4-7-8-9-10(11(13)5-2)12(14)6-3/h4,10H,1,5-9H2,2-3H3. The molecule has 0 radical (unpaired) electrons. The smallest absolute Gasteiger partial charge is 0.143 e. The van der Waals surface area contributed by atoms with Gasteiger partial charge in [-0.25, -0.2) is 0 Å². The SMILES string of the molecule is C=CCCCC(C(=O)CC)C(=O)CC. The van der Waals surface area contributed by atoms with Gasteiger partial charge in [-0.2, -0.15) is 0 Å². The average molecular weight is 196 g/mol. The number of hydrogen-bond donors (Lipinski definition) is 0. The van der Waals surface area contributed by atoms with Crippen molar-refractivity contribution in [3.05, 3.63) is 12.7 Å². The number of rotatable bonds is 8. The van der Waals surface area contributed by atoms with Gasteiger partial charge in [-0.1, -0.05) is 19.9 Å². The Labute approximate surface area is 86.4 Å². The molecule has 0 unspecified atom stereocenters.